The number of amides is 1. The summed E-state index contributed by atoms with van der Waals surface area (Å²) < 4.78 is 20.6. The van der Waals surface area contributed by atoms with Crippen LogP contribution >= 0.6 is 15.9 Å². The maximum Gasteiger partial charge on any atom is 0.427 e. The molecule has 1 heterocycles. The lowest BCUT2D eigenvalue weighted by atomic mass is 10.1. The van der Waals surface area contributed by atoms with Gasteiger partial charge in [0.25, 0.3) is 5.56 Å². The number of carbonyl (C=O) groups is 1. The van der Waals surface area contributed by atoms with E-state index < -0.39 is 23.1 Å². The summed E-state index contributed by atoms with van der Waals surface area (Å²) in [6, 6.07) is 4.35. The second-order valence-electron chi connectivity index (χ2n) is 5.82. The van der Waals surface area contributed by atoms with Crippen LogP contribution in [0.4, 0.5) is 9.18 Å². The normalized spacial score (nSPS) is 11.5. The molecular formula is C15H16BrFN2O3. The number of pyridine rings is 1. The minimum absolute atomic E-state index is 0.101. The molecule has 0 saturated heterocycles. The van der Waals surface area contributed by atoms with Gasteiger partial charge in [-0.2, -0.15) is 0 Å². The van der Waals surface area contributed by atoms with Crippen molar-refractivity contribution in [2.24, 2.45) is 0 Å². The fraction of sp³-hybridized carbons (Fsp3) is 0.333. The molecule has 0 aliphatic carbocycles. The van der Waals surface area contributed by atoms with Crippen LogP contribution in [0.15, 0.2) is 27.5 Å². The van der Waals surface area contributed by atoms with Crippen molar-refractivity contribution in [1.29, 1.82) is 0 Å². The molecule has 7 heteroatoms. The molecule has 1 N–H and O–H groups in total. The molecule has 2 aromatic rings. The van der Waals surface area contributed by atoms with Crippen LogP contribution in [0.3, 0.4) is 0 Å². The van der Waals surface area contributed by atoms with E-state index in [0.29, 0.717) is 15.6 Å². The van der Waals surface area contributed by atoms with Crippen molar-refractivity contribution in [3.63, 3.8) is 0 Å². The number of nitrogens with zero attached hydrogens (tertiary/aromatic N) is 1. The van der Waals surface area contributed by atoms with E-state index in [4.69, 9.17) is 4.74 Å². The van der Waals surface area contributed by atoms with Crippen LogP contribution in [-0.2, 0) is 4.74 Å². The Morgan fingerprint density at radius 1 is 1.36 bits per heavy atom. The molecule has 0 saturated carbocycles. The van der Waals surface area contributed by atoms with Crippen molar-refractivity contribution in [3.8, 4) is 0 Å². The average molecular weight is 371 g/mol. The van der Waals surface area contributed by atoms with E-state index in [-0.39, 0.29) is 5.39 Å². The van der Waals surface area contributed by atoms with E-state index in [0.717, 1.165) is 4.68 Å². The van der Waals surface area contributed by atoms with E-state index in [2.05, 4.69) is 21.4 Å². The van der Waals surface area contributed by atoms with Gasteiger partial charge >= 0.3 is 6.09 Å². The van der Waals surface area contributed by atoms with E-state index in [1.807, 2.05) is 0 Å². The van der Waals surface area contributed by atoms with Crippen molar-refractivity contribution in [3.05, 3.63) is 44.5 Å². The summed E-state index contributed by atoms with van der Waals surface area (Å²) in [5.74, 6) is -0.650. The van der Waals surface area contributed by atoms with Crippen molar-refractivity contribution in [2.45, 2.75) is 33.3 Å². The highest BCUT2D eigenvalue weighted by molar-refractivity contribution is 9.10. The van der Waals surface area contributed by atoms with Gasteiger partial charge in [-0.3, -0.25) is 4.79 Å². The number of ether oxygens (including phenoxy) is 1. The third-order valence-corrected chi connectivity index (χ3v) is 3.92. The molecule has 2 rings (SSSR count). The lowest BCUT2D eigenvalue weighted by molar-refractivity contribution is 0.0611. The first-order valence-electron chi connectivity index (χ1n) is 6.61. The molecule has 0 fully saturated rings. The van der Waals surface area contributed by atoms with E-state index >= 15 is 0 Å². The standard InChI is InChI=1S/C15H16BrFN2O3/c1-8-12(16)9-6-5-7-10(17)11(9)13(20)19(8)18-14(21)22-15(2,3)4/h5-7H,1-4H3,(H,18,21). The quantitative estimate of drug-likeness (QED) is 0.832. The summed E-state index contributed by atoms with van der Waals surface area (Å²) in [7, 11) is 0. The number of fused-ring (bicyclic) bond motifs is 1. The Morgan fingerprint density at radius 3 is 2.59 bits per heavy atom. The van der Waals surface area contributed by atoms with Gasteiger partial charge < -0.3 is 4.74 Å². The Kier molecular flexibility index (Phi) is 4.28. The summed E-state index contributed by atoms with van der Waals surface area (Å²) in [6.07, 6.45) is -0.791. The zero-order valence-corrected chi connectivity index (χ0v) is 14.2. The monoisotopic (exact) mass is 370 g/mol. The number of halogens is 2. The van der Waals surface area contributed by atoms with Gasteiger partial charge in [0.05, 0.1) is 11.1 Å². The highest BCUT2D eigenvalue weighted by Crippen LogP contribution is 2.26. The molecule has 1 amide bonds. The zero-order valence-electron chi connectivity index (χ0n) is 12.7. The van der Waals surface area contributed by atoms with Crippen LogP contribution in [0.1, 0.15) is 26.5 Å². The number of benzene rings is 1. The van der Waals surface area contributed by atoms with Gasteiger partial charge in [0.2, 0.25) is 0 Å². The molecule has 0 unspecified atom stereocenters. The van der Waals surface area contributed by atoms with Crippen LogP contribution in [0, 0.1) is 12.7 Å². The molecule has 0 aliphatic rings. The molecule has 0 spiro atoms. The molecule has 5 nitrogen and oxygen atoms in total. The Bertz CT molecular complexity index is 809. The van der Waals surface area contributed by atoms with Gasteiger partial charge in [-0.1, -0.05) is 12.1 Å². The van der Waals surface area contributed by atoms with Gasteiger partial charge in [0.1, 0.15) is 11.4 Å². The van der Waals surface area contributed by atoms with Crippen LogP contribution in [-0.4, -0.2) is 16.4 Å². The number of rotatable bonds is 1. The van der Waals surface area contributed by atoms with Crippen molar-refractivity contribution < 1.29 is 13.9 Å². The van der Waals surface area contributed by atoms with E-state index in [9.17, 15) is 14.0 Å². The predicted octanol–water partition coefficient (Wildman–Crippen LogP) is 3.69. The molecule has 0 atom stereocenters. The Hall–Kier alpha value is -1.89. The topological polar surface area (TPSA) is 60.3 Å². The zero-order chi connectivity index (χ0) is 16.7. The molecule has 0 radical (unpaired) electrons. The number of hydrogen-bond donors (Lipinski definition) is 1. The third kappa shape index (κ3) is 3.14. The fourth-order valence-corrected chi connectivity index (χ4v) is 2.52. The molecule has 118 valence electrons. The highest BCUT2D eigenvalue weighted by atomic mass is 79.9. The van der Waals surface area contributed by atoms with Crippen LogP contribution < -0.4 is 11.0 Å². The number of nitrogens with one attached hydrogen (secondary N) is 1. The molecule has 0 bridgehead atoms. The first-order chi connectivity index (χ1) is 10.1. The van der Waals surface area contributed by atoms with Crippen molar-refractivity contribution in [1.82, 2.24) is 4.68 Å². The predicted molar refractivity (Wildman–Crippen MR) is 86.2 cm³/mol. The Balaban J connectivity index is 2.58. The minimum atomic E-state index is -0.791. The van der Waals surface area contributed by atoms with Crippen molar-refractivity contribution in [2.75, 3.05) is 5.43 Å². The smallest absolute Gasteiger partial charge is 0.427 e. The van der Waals surface area contributed by atoms with E-state index in [1.54, 1.807) is 33.8 Å². The molecule has 1 aromatic heterocycles. The minimum Gasteiger partial charge on any atom is -0.443 e. The third-order valence-electron chi connectivity index (χ3n) is 2.92. The first-order valence-corrected chi connectivity index (χ1v) is 7.40. The molecular weight excluding hydrogens is 355 g/mol. The first kappa shape index (κ1) is 16.5. The SMILES string of the molecule is Cc1c(Br)c2cccc(F)c2c(=O)n1NC(=O)OC(C)(C)C. The van der Waals surface area contributed by atoms with Crippen LogP contribution in [0.2, 0.25) is 0 Å². The highest BCUT2D eigenvalue weighted by Gasteiger charge is 2.20. The van der Waals surface area contributed by atoms with Crippen LogP contribution in [0.5, 0.6) is 0 Å². The Morgan fingerprint density at radius 2 is 2.00 bits per heavy atom. The fourth-order valence-electron chi connectivity index (χ4n) is 2.01. The van der Waals surface area contributed by atoms with Gasteiger partial charge in [0, 0.05) is 9.86 Å². The van der Waals surface area contributed by atoms with Gasteiger partial charge in [-0.25, -0.2) is 19.3 Å². The summed E-state index contributed by atoms with van der Waals surface area (Å²) >= 11 is 3.33. The lowest BCUT2D eigenvalue weighted by Gasteiger charge is -2.21. The van der Waals surface area contributed by atoms with E-state index in [1.165, 1.54) is 12.1 Å². The molecule has 1 aromatic carbocycles. The maximum atomic E-state index is 14.0. The maximum absolute atomic E-state index is 14.0. The number of aromatic nitrogens is 1. The van der Waals surface area contributed by atoms with Crippen LogP contribution in [0.25, 0.3) is 10.8 Å². The summed E-state index contributed by atoms with van der Waals surface area (Å²) in [5.41, 5.74) is 1.42. The number of carbonyl (C=O) groups excluding carboxylic acids is 1. The lowest BCUT2D eigenvalue weighted by Crippen LogP contribution is -2.38. The van der Waals surface area contributed by atoms with Gasteiger partial charge in [-0.05, 0) is 49.7 Å². The summed E-state index contributed by atoms with van der Waals surface area (Å²) in [5, 5.41) is 0.348. The Labute approximate surface area is 135 Å². The summed E-state index contributed by atoms with van der Waals surface area (Å²) in [6.45, 7) is 6.75. The molecule has 22 heavy (non-hydrogen) atoms. The molecule has 0 aliphatic heterocycles. The summed E-state index contributed by atoms with van der Waals surface area (Å²) in [4.78, 5) is 24.3. The number of hydrogen-bond acceptors (Lipinski definition) is 3. The largest absolute Gasteiger partial charge is 0.443 e. The second-order valence-corrected chi connectivity index (χ2v) is 6.61. The average Bonchev–Trinajstić information content (AvgIpc) is 2.39. The van der Waals surface area contributed by atoms with Gasteiger partial charge in [0.15, 0.2) is 0 Å². The van der Waals surface area contributed by atoms with Gasteiger partial charge in [-0.15, -0.1) is 0 Å². The van der Waals surface area contributed by atoms with Crippen molar-refractivity contribution >= 4 is 32.8 Å². The second kappa shape index (κ2) is 5.72.